The first-order chi connectivity index (χ1) is 9.11. The van der Waals surface area contributed by atoms with Gasteiger partial charge in [-0.3, -0.25) is 4.90 Å². The number of fused-ring (bicyclic) bond motifs is 3. The summed E-state index contributed by atoms with van der Waals surface area (Å²) in [6, 6.07) is 4.70. The molecule has 0 aliphatic carbocycles. The second kappa shape index (κ2) is 4.36. The first-order valence-electron chi connectivity index (χ1n) is 6.73. The number of aryl methyl sites for hydroxylation is 1. The van der Waals surface area contributed by atoms with Crippen LogP contribution in [0, 0.1) is 18.3 Å². The Labute approximate surface area is 113 Å². The molecule has 3 rings (SSSR count). The summed E-state index contributed by atoms with van der Waals surface area (Å²) < 4.78 is 2.31. The minimum absolute atomic E-state index is 0.564. The van der Waals surface area contributed by atoms with Crippen LogP contribution in [0.4, 0.5) is 0 Å². The van der Waals surface area contributed by atoms with Crippen LogP contribution in [0.2, 0.25) is 0 Å². The fraction of sp³-hybridized carbons (Fsp3) is 0.467. The van der Waals surface area contributed by atoms with Crippen molar-refractivity contribution in [1.29, 1.82) is 5.26 Å². The molecule has 0 radical (unpaired) electrons. The van der Waals surface area contributed by atoms with Crippen molar-refractivity contribution in [3.8, 4) is 6.07 Å². The van der Waals surface area contributed by atoms with Crippen LogP contribution in [0.15, 0.2) is 12.3 Å². The molecular formula is C15H18N4. The zero-order valence-electron chi connectivity index (χ0n) is 11.6. The Morgan fingerprint density at radius 3 is 2.84 bits per heavy atom. The number of pyridine rings is 1. The van der Waals surface area contributed by atoms with Gasteiger partial charge in [-0.25, -0.2) is 4.98 Å². The summed E-state index contributed by atoms with van der Waals surface area (Å²) in [6.45, 7) is 9.63. The topological polar surface area (TPSA) is 44.9 Å². The van der Waals surface area contributed by atoms with Crippen molar-refractivity contribution >= 4 is 11.0 Å². The molecule has 2 aromatic heterocycles. The Kier molecular flexibility index (Phi) is 2.79. The van der Waals surface area contributed by atoms with Crippen molar-refractivity contribution in [2.45, 2.75) is 39.9 Å². The Morgan fingerprint density at radius 2 is 2.16 bits per heavy atom. The number of hydrogen-bond donors (Lipinski definition) is 0. The standard InChI is InChI=1S/C15H18N4/c1-10(2)18-4-5-19-14(9-18)11(3)13-6-12(7-16)8-17-15(13)19/h6,8,10H,4-5,9H2,1-3H3. The Hall–Kier alpha value is -1.86. The van der Waals surface area contributed by atoms with Gasteiger partial charge in [0.25, 0.3) is 0 Å². The molecule has 4 nitrogen and oxygen atoms in total. The van der Waals surface area contributed by atoms with Crippen LogP contribution in [0.25, 0.3) is 11.0 Å². The van der Waals surface area contributed by atoms with Gasteiger partial charge in [0.1, 0.15) is 11.7 Å². The maximum atomic E-state index is 9.00. The van der Waals surface area contributed by atoms with E-state index in [-0.39, 0.29) is 0 Å². The molecule has 0 aromatic carbocycles. The Morgan fingerprint density at radius 1 is 1.37 bits per heavy atom. The summed E-state index contributed by atoms with van der Waals surface area (Å²) in [7, 11) is 0. The van der Waals surface area contributed by atoms with E-state index >= 15 is 0 Å². The smallest absolute Gasteiger partial charge is 0.140 e. The zero-order chi connectivity index (χ0) is 13.6. The van der Waals surface area contributed by atoms with E-state index in [2.05, 4.69) is 41.3 Å². The number of aromatic nitrogens is 2. The van der Waals surface area contributed by atoms with E-state index in [4.69, 9.17) is 5.26 Å². The van der Waals surface area contributed by atoms with E-state index in [0.29, 0.717) is 11.6 Å². The minimum atomic E-state index is 0.564. The van der Waals surface area contributed by atoms with E-state index in [1.807, 2.05) is 6.07 Å². The number of nitrogens with zero attached hydrogens (tertiary/aromatic N) is 4. The third kappa shape index (κ3) is 1.82. The van der Waals surface area contributed by atoms with Gasteiger partial charge in [0, 0.05) is 43.0 Å². The van der Waals surface area contributed by atoms with Crippen LogP contribution in [0.5, 0.6) is 0 Å². The molecule has 0 amide bonds. The van der Waals surface area contributed by atoms with Crippen molar-refractivity contribution < 1.29 is 0 Å². The highest BCUT2D eigenvalue weighted by Gasteiger charge is 2.23. The molecule has 98 valence electrons. The molecule has 4 heteroatoms. The summed E-state index contributed by atoms with van der Waals surface area (Å²) in [5.41, 5.74) is 4.27. The lowest BCUT2D eigenvalue weighted by Crippen LogP contribution is -2.38. The first kappa shape index (κ1) is 12.2. The summed E-state index contributed by atoms with van der Waals surface area (Å²) in [5, 5.41) is 10.1. The Bertz CT molecular complexity index is 675. The van der Waals surface area contributed by atoms with Crippen molar-refractivity contribution in [2.24, 2.45) is 0 Å². The summed E-state index contributed by atoms with van der Waals surface area (Å²) in [6.07, 6.45) is 1.67. The predicted molar refractivity (Wildman–Crippen MR) is 74.7 cm³/mol. The molecule has 2 aromatic rings. The van der Waals surface area contributed by atoms with Crippen LogP contribution >= 0.6 is 0 Å². The second-order valence-corrected chi connectivity index (χ2v) is 5.49. The van der Waals surface area contributed by atoms with Crippen LogP contribution in [-0.4, -0.2) is 27.0 Å². The summed E-state index contributed by atoms with van der Waals surface area (Å²) in [4.78, 5) is 6.96. The van der Waals surface area contributed by atoms with Crippen molar-refractivity contribution in [1.82, 2.24) is 14.5 Å². The van der Waals surface area contributed by atoms with Gasteiger partial charge < -0.3 is 4.57 Å². The number of rotatable bonds is 1. The maximum Gasteiger partial charge on any atom is 0.140 e. The number of nitriles is 1. The van der Waals surface area contributed by atoms with Crippen LogP contribution < -0.4 is 0 Å². The fourth-order valence-electron chi connectivity index (χ4n) is 2.88. The summed E-state index contributed by atoms with van der Waals surface area (Å²) >= 11 is 0. The van der Waals surface area contributed by atoms with Crippen LogP contribution in [-0.2, 0) is 13.1 Å². The van der Waals surface area contributed by atoms with Gasteiger partial charge >= 0.3 is 0 Å². The van der Waals surface area contributed by atoms with Gasteiger partial charge in [0.15, 0.2) is 0 Å². The van der Waals surface area contributed by atoms with Crippen molar-refractivity contribution in [3.05, 3.63) is 29.1 Å². The molecule has 19 heavy (non-hydrogen) atoms. The zero-order valence-corrected chi connectivity index (χ0v) is 11.6. The van der Waals surface area contributed by atoms with Gasteiger partial charge in [-0.05, 0) is 32.4 Å². The van der Waals surface area contributed by atoms with Crippen molar-refractivity contribution in [2.75, 3.05) is 6.54 Å². The number of hydrogen-bond acceptors (Lipinski definition) is 3. The average molecular weight is 254 g/mol. The second-order valence-electron chi connectivity index (χ2n) is 5.49. The summed E-state index contributed by atoms with van der Waals surface area (Å²) in [5.74, 6) is 0. The lowest BCUT2D eigenvalue weighted by Gasteiger charge is -2.32. The highest BCUT2D eigenvalue weighted by molar-refractivity contribution is 5.83. The molecule has 0 atom stereocenters. The molecule has 0 saturated heterocycles. The lowest BCUT2D eigenvalue weighted by molar-refractivity contribution is 0.178. The maximum absolute atomic E-state index is 9.00. The van der Waals surface area contributed by atoms with Gasteiger partial charge in [-0.2, -0.15) is 5.26 Å². The molecular weight excluding hydrogens is 236 g/mol. The SMILES string of the molecule is Cc1c2n(c3ncc(C#N)cc13)CCN(C(C)C)C2. The predicted octanol–water partition coefficient (Wildman–Crippen LogP) is 2.44. The van der Waals surface area contributed by atoms with Gasteiger partial charge in [-0.15, -0.1) is 0 Å². The van der Waals surface area contributed by atoms with E-state index in [1.54, 1.807) is 6.20 Å². The third-order valence-corrected chi connectivity index (χ3v) is 4.11. The highest BCUT2D eigenvalue weighted by Crippen LogP contribution is 2.28. The van der Waals surface area contributed by atoms with Gasteiger partial charge in [0.05, 0.1) is 5.56 Å². The highest BCUT2D eigenvalue weighted by atomic mass is 15.2. The average Bonchev–Trinajstić information content (AvgIpc) is 2.71. The molecule has 0 spiro atoms. The van der Waals surface area contributed by atoms with Crippen molar-refractivity contribution in [3.63, 3.8) is 0 Å². The molecule has 0 bridgehead atoms. The van der Waals surface area contributed by atoms with Gasteiger partial charge in [-0.1, -0.05) is 0 Å². The molecule has 0 fully saturated rings. The molecule has 1 aliphatic heterocycles. The van der Waals surface area contributed by atoms with E-state index < -0.39 is 0 Å². The minimum Gasteiger partial charge on any atom is -0.327 e. The molecule has 1 aliphatic rings. The molecule has 0 N–H and O–H groups in total. The van der Waals surface area contributed by atoms with Crippen LogP contribution in [0.3, 0.4) is 0 Å². The molecule has 3 heterocycles. The first-order valence-corrected chi connectivity index (χ1v) is 6.73. The Balaban J connectivity index is 2.16. The lowest BCUT2D eigenvalue weighted by atomic mass is 10.1. The largest absolute Gasteiger partial charge is 0.327 e. The van der Waals surface area contributed by atoms with E-state index in [0.717, 1.165) is 30.7 Å². The molecule has 0 unspecified atom stereocenters. The van der Waals surface area contributed by atoms with Gasteiger partial charge in [0.2, 0.25) is 0 Å². The monoisotopic (exact) mass is 254 g/mol. The molecule has 0 saturated carbocycles. The fourth-order valence-corrected chi connectivity index (χ4v) is 2.88. The van der Waals surface area contributed by atoms with E-state index in [1.165, 1.54) is 11.3 Å². The van der Waals surface area contributed by atoms with Crippen LogP contribution in [0.1, 0.15) is 30.7 Å². The third-order valence-electron chi connectivity index (χ3n) is 4.11. The normalized spacial score (nSPS) is 15.7. The quantitative estimate of drug-likeness (QED) is 0.785. The van der Waals surface area contributed by atoms with E-state index in [9.17, 15) is 0 Å².